The zero-order chi connectivity index (χ0) is 13.8. The summed E-state index contributed by atoms with van der Waals surface area (Å²) in [7, 11) is -3.57. The van der Waals surface area contributed by atoms with Crippen LogP contribution in [0.1, 0.15) is 26.7 Å². The third kappa shape index (κ3) is 4.91. The highest BCUT2D eigenvalue weighted by atomic mass is 32.2. The molecule has 0 bridgehead atoms. The number of nitrogens with zero attached hydrogens (tertiary/aromatic N) is 1. The Balaban J connectivity index is 2.70. The van der Waals surface area contributed by atoms with Crippen LogP contribution in [0.25, 0.3) is 0 Å². The molecule has 0 aromatic carbocycles. The summed E-state index contributed by atoms with van der Waals surface area (Å²) in [4.78, 5) is 10.7. The zero-order valence-corrected chi connectivity index (χ0v) is 11.6. The Kier molecular flexibility index (Phi) is 5.55. The van der Waals surface area contributed by atoms with Gasteiger partial charge >= 0.3 is 5.97 Å². The fourth-order valence-corrected chi connectivity index (χ4v) is 3.73. The molecule has 0 aromatic rings. The highest BCUT2D eigenvalue weighted by Gasteiger charge is 2.30. The van der Waals surface area contributed by atoms with Gasteiger partial charge < -0.3 is 9.84 Å². The van der Waals surface area contributed by atoms with E-state index in [2.05, 4.69) is 0 Å². The summed E-state index contributed by atoms with van der Waals surface area (Å²) in [5, 5.41) is 8.78. The molecule has 1 saturated heterocycles. The minimum absolute atomic E-state index is 0.0867. The van der Waals surface area contributed by atoms with E-state index < -0.39 is 22.5 Å². The third-order valence-electron chi connectivity index (χ3n) is 2.69. The van der Waals surface area contributed by atoms with Crippen molar-refractivity contribution < 1.29 is 23.1 Å². The first-order valence-corrected chi connectivity index (χ1v) is 7.73. The second kappa shape index (κ2) is 6.49. The van der Waals surface area contributed by atoms with Crippen LogP contribution in [-0.4, -0.2) is 55.4 Å². The van der Waals surface area contributed by atoms with Gasteiger partial charge in [0.1, 0.15) is 6.54 Å². The Hall–Kier alpha value is -0.660. The van der Waals surface area contributed by atoms with Gasteiger partial charge in [0.2, 0.25) is 10.0 Å². The predicted octanol–water partition coefficient (Wildman–Crippen LogP) is 0.538. The van der Waals surface area contributed by atoms with E-state index in [-0.39, 0.29) is 24.3 Å². The maximum atomic E-state index is 12.1. The van der Waals surface area contributed by atoms with Crippen molar-refractivity contribution in [3.8, 4) is 0 Å². The normalized spacial score (nSPS) is 20.8. The van der Waals surface area contributed by atoms with Crippen LogP contribution in [0.2, 0.25) is 0 Å². The van der Waals surface area contributed by atoms with Gasteiger partial charge in [-0.1, -0.05) is 13.8 Å². The topological polar surface area (TPSA) is 83.9 Å². The number of ether oxygens (including phenoxy) is 1. The molecule has 1 fully saturated rings. The second-order valence-corrected chi connectivity index (χ2v) is 7.01. The van der Waals surface area contributed by atoms with E-state index >= 15 is 0 Å². The van der Waals surface area contributed by atoms with E-state index in [1.54, 1.807) is 0 Å². The first-order valence-electron chi connectivity index (χ1n) is 6.12. The van der Waals surface area contributed by atoms with Gasteiger partial charge in [-0.2, -0.15) is 4.31 Å². The van der Waals surface area contributed by atoms with Crippen molar-refractivity contribution in [2.75, 3.05) is 25.4 Å². The average molecular weight is 279 g/mol. The van der Waals surface area contributed by atoms with Gasteiger partial charge in [0.25, 0.3) is 0 Å². The molecule has 1 heterocycles. The summed E-state index contributed by atoms with van der Waals surface area (Å²) in [6, 6.07) is 0. The van der Waals surface area contributed by atoms with Crippen LogP contribution in [0.5, 0.6) is 0 Å². The van der Waals surface area contributed by atoms with Crippen molar-refractivity contribution in [1.29, 1.82) is 0 Å². The standard InChI is InChI=1S/C11H21NO5S/c1-9(2)6-12(7-11(13)14)18(15,16)8-10-4-3-5-17-10/h9-10H,3-8H2,1-2H3,(H,13,14). The van der Waals surface area contributed by atoms with Crippen LogP contribution in [0, 0.1) is 5.92 Å². The number of hydrogen-bond acceptors (Lipinski definition) is 4. The average Bonchev–Trinajstić information content (AvgIpc) is 2.67. The summed E-state index contributed by atoms with van der Waals surface area (Å²) in [5.74, 6) is -1.16. The SMILES string of the molecule is CC(C)CN(CC(=O)O)S(=O)(=O)CC1CCCO1. The van der Waals surface area contributed by atoms with E-state index in [9.17, 15) is 13.2 Å². The van der Waals surface area contributed by atoms with Crippen LogP contribution < -0.4 is 0 Å². The van der Waals surface area contributed by atoms with Gasteiger partial charge in [-0.25, -0.2) is 8.42 Å². The fraction of sp³-hybridized carbons (Fsp3) is 0.909. The summed E-state index contributed by atoms with van der Waals surface area (Å²) < 4.78 is 30.6. The third-order valence-corrected chi connectivity index (χ3v) is 4.55. The molecule has 0 aromatic heterocycles. The van der Waals surface area contributed by atoms with E-state index in [0.717, 1.165) is 17.1 Å². The van der Waals surface area contributed by atoms with Gasteiger partial charge in [-0.3, -0.25) is 4.79 Å². The number of carboxylic acid groups (broad SMARTS) is 1. The molecule has 1 aliphatic heterocycles. The molecule has 0 saturated carbocycles. The Morgan fingerprint density at radius 2 is 2.17 bits per heavy atom. The molecule has 106 valence electrons. The molecule has 6 nitrogen and oxygen atoms in total. The maximum Gasteiger partial charge on any atom is 0.318 e. The highest BCUT2D eigenvalue weighted by molar-refractivity contribution is 7.89. The maximum absolute atomic E-state index is 12.1. The molecule has 18 heavy (non-hydrogen) atoms. The van der Waals surface area contributed by atoms with Gasteiger partial charge in [0.05, 0.1) is 11.9 Å². The smallest absolute Gasteiger partial charge is 0.318 e. The van der Waals surface area contributed by atoms with Gasteiger partial charge in [-0.05, 0) is 18.8 Å². The van der Waals surface area contributed by atoms with Crippen LogP contribution >= 0.6 is 0 Å². The first kappa shape index (κ1) is 15.4. The van der Waals surface area contributed by atoms with Crippen LogP contribution in [0.4, 0.5) is 0 Å². The quantitative estimate of drug-likeness (QED) is 0.735. The van der Waals surface area contributed by atoms with Gasteiger partial charge in [-0.15, -0.1) is 0 Å². The Morgan fingerprint density at radius 1 is 1.50 bits per heavy atom. The van der Waals surface area contributed by atoms with Crippen molar-refractivity contribution in [2.24, 2.45) is 5.92 Å². The fourth-order valence-electron chi connectivity index (χ4n) is 1.95. The highest BCUT2D eigenvalue weighted by Crippen LogP contribution is 2.16. The van der Waals surface area contributed by atoms with Crippen molar-refractivity contribution in [3.05, 3.63) is 0 Å². The predicted molar refractivity (Wildman–Crippen MR) is 66.8 cm³/mol. The molecule has 0 spiro atoms. The van der Waals surface area contributed by atoms with Crippen LogP contribution in [0.3, 0.4) is 0 Å². The molecular weight excluding hydrogens is 258 g/mol. The number of carboxylic acids is 1. The minimum atomic E-state index is -3.57. The summed E-state index contributed by atoms with van der Waals surface area (Å²) in [6.45, 7) is 4.05. The molecule has 1 atom stereocenters. The molecule has 1 rings (SSSR count). The van der Waals surface area contributed by atoms with Crippen LogP contribution in [-0.2, 0) is 19.6 Å². The van der Waals surface area contributed by atoms with Gasteiger partial charge in [0.15, 0.2) is 0 Å². The number of carbonyl (C=O) groups is 1. The Labute approximate surface area is 108 Å². The van der Waals surface area contributed by atoms with Crippen molar-refractivity contribution >= 4 is 16.0 Å². The largest absolute Gasteiger partial charge is 0.480 e. The number of sulfonamides is 1. The second-order valence-electron chi connectivity index (χ2n) is 4.99. The van der Waals surface area contributed by atoms with Crippen molar-refractivity contribution in [1.82, 2.24) is 4.31 Å². The number of aliphatic carboxylic acids is 1. The molecule has 0 aliphatic carbocycles. The van der Waals surface area contributed by atoms with Crippen molar-refractivity contribution in [3.63, 3.8) is 0 Å². The Morgan fingerprint density at radius 3 is 2.61 bits per heavy atom. The molecule has 1 aliphatic rings. The number of hydrogen-bond donors (Lipinski definition) is 1. The minimum Gasteiger partial charge on any atom is -0.480 e. The lowest BCUT2D eigenvalue weighted by atomic mass is 10.2. The van der Waals surface area contributed by atoms with E-state index in [1.165, 1.54) is 0 Å². The summed E-state index contributed by atoms with van der Waals surface area (Å²) in [5.41, 5.74) is 0. The van der Waals surface area contributed by atoms with Crippen LogP contribution in [0.15, 0.2) is 0 Å². The lowest BCUT2D eigenvalue weighted by Crippen LogP contribution is -2.41. The summed E-state index contributed by atoms with van der Waals surface area (Å²) in [6.07, 6.45) is 1.30. The first-order chi connectivity index (χ1) is 8.31. The lowest BCUT2D eigenvalue weighted by molar-refractivity contribution is -0.137. The Bertz CT molecular complexity index is 373. The molecular formula is C11H21NO5S. The van der Waals surface area contributed by atoms with E-state index in [4.69, 9.17) is 9.84 Å². The van der Waals surface area contributed by atoms with E-state index in [1.807, 2.05) is 13.8 Å². The van der Waals surface area contributed by atoms with E-state index in [0.29, 0.717) is 6.61 Å². The number of rotatable bonds is 7. The monoisotopic (exact) mass is 279 g/mol. The molecule has 1 N–H and O–H groups in total. The molecule has 0 amide bonds. The molecule has 0 radical (unpaired) electrons. The van der Waals surface area contributed by atoms with Crippen molar-refractivity contribution in [2.45, 2.75) is 32.8 Å². The molecule has 1 unspecified atom stereocenters. The lowest BCUT2D eigenvalue weighted by Gasteiger charge is -2.23. The van der Waals surface area contributed by atoms with Gasteiger partial charge in [0, 0.05) is 13.2 Å². The molecule has 7 heteroatoms. The summed E-state index contributed by atoms with van der Waals surface area (Å²) >= 11 is 0. The zero-order valence-electron chi connectivity index (χ0n) is 10.8.